The first-order valence-electron chi connectivity index (χ1n) is 7.12. The van der Waals surface area contributed by atoms with E-state index in [9.17, 15) is 4.79 Å². The molecule has 6 heteroatoms. The molecule has 0 saturated carbocycles. The third kappa shape index (κ3) is 6.75. The first-order valence-corrected chi connectivity index (χ1v) is 8.52. The maximum Gasteiger partial charge on any atom is 0.271 e. The Balaban J connectivity index is 2.20. The Morgan fingerprint density at radius 2 is 2.00 bits per heavy atom. The van der Waals surface area contributed by atoms with Gasteiger partial charge in [0.2, 0.25) is 0 Å². The predicted octanol–water partition coefficient (Wildman–Crippen LogP) is 2.56. The second kappa shape index (κ2) is 10.5. The minimum absolute atomic E-state index is 0.180. The zero-order valence-corrected chi connectivity index (χ0v) is 13.1. The molecule has 1 rings (SSSR count). The van der Waals surface area contributed by atoms with Crippen LogP contribution in [0.2, 0.25) is 0 Å². The van der Waals surface area contributed by atoms with Crippen molar-refractivity contribution in [3.8, 4) is 0 Å². The summed E-state index contributed by atoms with van der Waals surface area (Å²) in [7, 11) is 0. The molecule has 0 fully saturated rings. The zero-order valence-electron chi connectivity index (χ0n) is 12.3. The fourth-order valence-electron chi connectivity index (χ4n) is 1.74. The van der Waals surface area contributed by atoms with Crippen molar-refractivity contribution < 1.29 is 4.79 Å². The zero-order chi connectivity index (χ0) is 14.6. The maximum atomic E-state index is 11.5. The Morgan fingerprint density at radius 3 is 2.65 bits per heavy atom. The molecule has 0 atom stereocenters. The highest BCUT2D eigenvalue weighted by atomic mass is 32.2. The van der Waals surface area contributed by atoms with Crippen LogP contribution in [0.4, 0.5) is 5.82 Å². The molecule has 2 N–H and O–H groups in total. The fourth-order valence-corrected chi connectivity index (χ4v) is 2.23. The van der Waals surface area contributed by atoms with Crippen molar-refractivity contribution in [2.75, 3.05) is 30.4 Å². The highest BCUT2D eigenvalue weighted by Gasteiger charge is 2.05. The number of amides is 1. The summed E-state index contributed by atoms with van der Waals surface area (Å²) in [5.74, 6) is 1.79. The lowest BCUT2D eigenvalue weighted by Gasteiger charge is -2.05. The lowest BCUT2D eigenvalue weighted by molar-refractivity contribution is 0.0950. The van der Waals surface area contributed by atoms with Crippen LogP contribution in [0.1, 0.15) is 43.1 Å². The van der Waals surface area contributed by atoms with Crippen molar-refractivity contribution in [3.63, 3.8) is 0 Å². The van der Waals surface area contributed by atoms with Crippen LogP contribution in [-0.4, -0.2) is 41.2 Å². The number of aromatic nitrogens is 2. The van der Waals surface area contributed by atoms with Crippen LogP contribution in [0.5, 0.6) is 0 Å². The molecule has 1 amide bonds. The van der Waals surface area contributed by atoms with E-state index in [1.54, 1.807) is 12.1 Å². The van der Waals surface area contributed by atoms with Gasteiger partial charge in [-0.05, 0) is 43.9 Å². The molecule has 1 aromatic rings. The average molecular weight is 296 g/mol. The topological polar surface area (TPSA) is 66.9 Å². The molecule has 0 aliphatic heterocycles. The van der Waals surface area contributed by atoms with Crippen molar-refractivity contribution in [1.29, 1.82) is 0 Å². The van der Waals surface area contributed by atoms with Crippen molar-refractivity contribution in [2.45, 2.75) is 32.6 Å². The number of carbonyl (C=O) groups is 1. The van der Waals surface area contributed by atoms with Gasteiger partial charge in [-0.25, -0.2) is 0 Å². The van der Waals surface area contributed by atoms with E-state index in [0.29, 0.717) is 12.2 Å². The smallest absolute Gasteiger partial charge is 0.271 e. The van der Waals surface area contributed by atoms with Crippen molar-refractivity contribution in [3.05, 3.63) is 17.8 Å². The normalized spacial score (nSPS) is 10.3. The minimum Gasteiger partial charge on any atom is -0.369 e. The number of nitrogens with zero attached hydrogens (tertiary/aromatic N) is 2. The van der Waals surface area contributed by atoms with Gasteiger partial charge >= 0.3 is 0 Å². The standard InChI is InChI=1S/C14H24N4OS/c1-3-15-14(19)12-8-9-13(18-17-12)16-10-6-4-5-7-11-20-2/h8-9H,3-7,10-11H2,1-2H3,(H,15,19)(H,16,18). The van der Waals surface area contributed by atoms with Crippen molar-refractivity contribution in [1.82, 2.24) is 15.5 Å². The summed E-state index contributed by atoms with van der Waals surface area (Å²) < 4.78 is 0. The molecule has 20 heavy (non-hydrogen) atoms. The molecule has 1 aromatic heterocycles. The third-order valence-electron chi connectivity index (χ3n) is 2.82. The molecule has 1 heterocycles. The number of carbonyl (C=O) groups excluding carboxylic acids is 1. The van der Waals surface area contributed by atoms with E-state index < -0.39 is 0 Å². The molecule has 0 aliphatic carbocycles. The monoisotopic (exact) mass is 296 g/mol. The van der Waals surface area contributed by atoms with Crippen LogP contribution in [-0.2, 0) is 0 Å². The van der Waals surface area contributed by atoms with Crippen LogP contribution in [0, 0.1) is 0 Å². The average Bonchev–Trinajstić information content (AvgIpc) is 2.47. The predicted molar refractivity (Wildman–Crippen MR) is 85.4 cm³/mol. The highest BCUT2D eigenvalue weighted by Crippen LogP contribution is 2.06. The first kappa shape index (κ1) is 16.8. The number of thioether (sulfide) groups is 1. The summed E-state index contributed by atoms with van der Waals surface area (Å²) in [6, 6.07) is 3.49. The largest absolute Gasteiger partial charge is 0.369 e. The second-order valence-electron chi connectivity index (χ2n) is 4.50. The third-order valence-corrected chi connectivity index (χ3v) is 3.51. The Hall–Kier alpha value is -1.30. The maximum absolute atomic E-state index is 11.5. The van der Waals surface area contributed by atoms with Crippen molar-refractivity contribution in [2.24, 2.45) is 0 Å². The van der Waals surface area contributed by atoms with Gasteiger partial charge in [0.15, 0.2) is 5.69 Å². The number of unbranched alkanes of at least 4 members (excludes halogenated alkanes) is 3. The second-order valence-corrected chi connectivity index (χ2v) is 5.48. The van der Waals surface area contributed by atoms with Gasteiger partial charge in [-0.3, -0.25) is 4.79 Å². The Bertz CT molecular complexity index is 383. The van der Waals surface area contributed by atoms with Crippen molar-refractivity contribution >= 4 is 23.5 Å². The van der Waals surface area contributed by atoms with Crippen LogP contribution in [0.25, 0.3) is 0 Å². The molecule has 112 valence electrons. The summed E-state index contributed by atoms with van der Waals surface area (Å²) in [6.45, 7) is 3.37. The SMILES string of the molecule is CCNC(=O)c1ccc(NCCCCCCSC)nn1. The van der Waals surface area contributed by atoms with Crippen LogP contribution >= 0.6 is 11.8 Å². The van der Waals surface area contributed by atoms with E-state index in [4.69, 9.17) is 0 Å². The summed E-state index contributed by atoms with van der Waals surface area (Å²) in [5.41, 5.74) is 0.356. The molecule has 0 radical (unpaired) electrons. The quantitative estimate of drug-likeness (QED) is 0.650. The molecule has 0 saturated heterocycles. The first-order chi connectivity index (χ1) is 9.77. The van der Waals surface area contributed by atoms with Crippen LogP contribution in [0.3, 0.4) is 0 Å². The Morgan fingerprint density at radius 1 is 1.20 bits per heavy atom. The van der Waals surface area contributed by atoms with E-state index in [-0.39, 0.29) is 5.91 Å². The summed E-state index contributed by atoms with van der Waals surface area (Å²) in [4.78, 5) is 11.5. The van der Waals surface area contributed by atoms with Crippen LogP contribution in [0.15, 0.2) is 12.1 Å². The lowest BCUT2D eigenvalue weighted by Crippen LogP contribution is -2.24. The van der Waals surface area contributed by atoms with E-state index in [1.807, 2.05) is 18.7 Å². The molecule has 5 nitrogen and oxygen atoms in total. The minimum atomic E-state index is -0.180. The van der Waals surface area contributed by atoms with E-state index >= 15 is 0 Å². The van der Waals surface area contributed by atoms with Gasteiger partial charge in [0.25, 0.3) is 5.91 Å². The summed E-state index contributed by atoms with van der Waals surface area (Å²) in [5, 5.41) is 13.8. The van der Waals surface area contributed by atoms with Crippen LogP contribution < -0.4 is 10.6 Å². The lowest BCUT2D eigenvalue weighted by atomic mass is 10.2. The van der Waals surface area contributed by atoms with Gasteiger partial charge in [-0.15, -0.1) is 10.2 Å². The summed E-state index contributed by atoms with van der Waals surface area (Å²) in [6.07, 6.45) is 7.09. The van der Waals surface area contributed by atoms with Gasteiger partial charge in [0.05, 0.1) is 0 Å². The van der Waals surface area contributed by atoms with Gasteiger partial charge in [0.1, 0.15) is 5.82 Å². The van der Waals surface area contributed by atoms with E-state index in [2.05, 4.69) is 27.1 Å². The molecule has 0 spiro atoms. The van der Waals surface area contributed by atoms with E-state index in [1.165, 1.54) is 25.0 Å². The highest BCUT2D eigenvalue weighted by molar-refractivity contribution is 7.98. The number of hydrogen-bond donors (Lipinski definition) is 2. The van der Waals surface area contributed by atoms with Gasteiger partial charge < -0.3 is 10.6 Å². The Kier molecular flexibility index (Phi) is 8.78. The number of anilines is 1. The molecule has 0 bridgehead atoms. The van der Waals surface area contributed by atoms with Gasteiger partial charge in [-0.2, -0.15) is 11.8 Å². The number of nitrogens with one attached hydrogen (secondary N) is 2. The van der Waals surface area contributed by atoms with Gasteiger partial charge in [-0.1, -0.05) is 12.8 Å². The Labute approximate surface area is 125 Å². The number of rotatable bonds is 10. The fraction of sp³-hybridized carbons (Fsp3) is 0.643. The molecule has 0 unspecified atom stereocenters. The molecule has 0 aromatic carbocycles. The van der Waals surface area contributed by atoms with Gasteiger partial charge in [0, 0.05) is 13.1 Å². The molecular weight excluding hydrogens is 272 g/mol. The molecule has 0 aliphatic rings. The number of hydrogen-bond acceptors (Lipinski definition) is 5. The summed E-state index contributed by atoms with van der Waals surface area (Å²) >= 11 is 1.90. The van der Waals surface area contributed by atoms with E-state index in [0.717, 1.165) is 18.8 Å². The molecular formula is C14H24N4OS.